The predicted molar refractivity (Wildman–Crippen MR) is 133 cm³/mol. The third-order valence-electron chi connectivity index (χ3n) is 5.55. The maximum Gasteiger partial charge on any atom is 0.264 e. The highest BCUT2D eigenvalue weighted by Gasteiger charge is 2.33. The molecule has 184 valence electrons. The Labute approximate surface area is 205 Å². The van der Waals surface area contributed by atoms with E-state index in [1.165, 1.54) is 36.2 Å². The van der Waals surface area contributed by atoms with Crippen LogP contribution in [0.25, 0.3) is 0 Å². The second kappa shape index (κ2) is 11.6. The van der Waals surface area contributed by atoms with E-state index in [1.54, 1.807) is 25.1 Å². The summed E-state index contributed by atoms with van der Waals surface area (Å²) in [6, 6.07) is 20.9. The van der Waals surface area contributed by atoms with Crippen LogP contribution in [0.4, 0.5) is 10.1 Å². The van der Waals surface area contributed by atoms with Gasteiger partial charge in [0, 0.05) is 13.6 Å². The summed E-state index contributed by atoms with van der Waals surface area (Å²) in [5.41, 5.74) is 0.929. The molecule has 0 saturated carbocycles. The molecule has 1 atom stereocenters. The van der Waals surface area contributed by atoms with Crippen LogP contribution in [0.1, 0.15) is 18.9 Å². The molecule has 0 saturated heterocycles. The molecule has 3 aromatic rings. The first-order valence-corrected chi connectivity index (χ1v) is 12.6. The predicted octanol–water partition coefficient (Wildman–Crippen LogP) is 3.57. The zero-order valence-electron chi connectivity index (χ0n) is 19.6. The molecule has 1 N–H and O–H groups in total. The molecule has 9 heteroatoms. The fraction of sp³-hybridized carbons (Fsp3) is 0.231. The molecular weight excluding hydrogens is 469 g/mol. The Kier molecular flexibility index (Phi) is 8.59. The van der Waals surface area contributed by atoms with Crippen molar-refractivity contribution in [3.63, 3.8) is 0 Å². The quantitative estimate of drug-likeness (QED) is 0.464. The Morgan fingerprint density at radius 1 is 0.914 bits per heavy atom. The van der Waals surface area contributed by atoms with Crippen LogP contribution < -0.4 is 9.62 Å². The van der Waals surface area contributed by atoms with E-state index >= 15 is 0 Å². The fourth-order valence-corrected chi connectivity index (χ4v) is 5.16. The van der Waals surface area contributed by atoms with Gasteiger partial charge in [-0.05, 0) is 48.4 Å². The van der Waals surface area contributed by atoms with E-state index in [0.717, 1.165) is 22.0 Å². The molecule has 0 aliphatic heterocycles. The lowest BCUT2D eigenvalue weighted by atomic mass is 10.1. The molecule has 35 heavy (non-hydrogen) atoms. The van der Waals surface area contributed by atoms with E-state index in [2.05, 4.69) is 5.32 Å². The number of benzene rings is 3. The minimum absolute atomic E-state index is 0.00919. The van der Waals surface area contributed by atoms with Crippen LogP contribution in [-0.2, 0) is 26.2 Å². The van der Waals surface area contributed by atoms with Gasteiger partial charge in [0.25, 0.3) is 10.0 Å². The van der Waals surface area contributed by atoms with Gasteiger partial charge in [-0.3, -0.25) is 13.9 Å². The van der Waals surface area contributed by atoms with Gasteiger partial charge in [0.05, 0.1) is 10.6 Å². The van der Waals surface area contributed by atoms with Crippen LogP contribution in [0.15, 0.2) is 89.8 Å². The molecule has 0 spiro atoms. The van der Waals surface area contributed by atoms with Gasteiger partial charge in [-0.25, -0.2) is 12.8 Å². The Balaban J connectivity index is 2.03. The van der Waals surface area contributed by atoms with E-state index in [4.69, 9.17) is 0 Å². The third-order valence-corrected chi connectivity index (χ3v) is 7.34. The molecule has 0 heterocycles. The van der Waals surface area contributed by atoms with Crippen molar-refractivity contribution in [2.24, 2.45) is 0 Å². The molecular formula is C26H28FN3O4S. The van der Waals surface area contributed by atoms with Crippen LogP contribution in [0.3, 0.4) is 0 Å². The third kappa shape index (κ3) is 6.24. The Morgan fingerprint density at radius 2 is 1.49 bits per heavy atom. The van der Waals surface area contributed by atoms with Crippen LogP contribution in [0.5, 0.6) is 0 Å². The molecule has 0 fully saturated rings. The number of anilines is 1. The van der Waals surface area contributed by atoms with E-state index < -0.39 is 34.3 Å². The fourth-order valence-electron chi connectivity index (χ4n) is 3.72. The van der Waals surface area contributed by atoms with Gasteiger partial charge in [-0.1, -0.05) is 55.5 Å². The summed E-state index contributed by atoms with van der Waals surface area (Å²) in [6.07, 6.45) is 0.334. The number of rotatable bonds is 10. The number of nitrogens with one attached hydrogen (secondary N) is 1. The summed E-state index contributed by atoms with van der Waals surface area (Å²) in [5.74, 6) is -1.45. The molecule has 3 aromatic carbocycles. The first-order chi connectivity index (χ1) is 16.8. The molecule has 0 bridgehead atoms. The van der Waals surface area contributed by atoms with Gasteiger partial charge >= 0.3 is 0 Å². The normalized spacial score (nSPS) is 12.0. The minimum Gasteiger partial charge on any atom is -0.357 e. The van der Waals surface area contributed by atoms with Crippen molar-refractivity contribution in [1.29, 1.82) is 0 Å². The van der Waals surface area contributed by atoms with Crippen molar-refractivity contribution in [3.05, 3.63) is 96.3 Å². The standard InChI is InChI=1S/C26H28FN3O4S/c1-3-24(26(32)28-2)29(18-20-10-6-4-7-11-20)25(31)19-30(22-16-14-21(27)15-17-22)35(33,34)23-12-8-5-9-13-23/h4-17,24H,3,18-19H2,1-2H3,(H,28,32)/t24-/m0/s1. The highest BCUT2D eigenvalue weighted by atomic mass is 32.2. The van der Waals surface area contributed by atoms with Gasteiger partial charge in [-0.2, -0.15) is 0 Å². The number of amides is 2. The second-order valence-electron chi connectivity index (χ2n) is 7.85. The van der Waals surface area contributed by atoms with Crippen molar-refractivity contribution < 1.29 is 22.4 Å². The molecule has 7 nitrogen and oxygen atoms in total. The highest BCUT2D eigenvalue weighted by molar-refractivity contribution is 7.92. The average molecular weight is 498 g/mol. The number of sulfonamides is 1. The number of halogens is 1. The molecule has 0 aromatic heterocycles. The maximum atomic E-state index is 13.7. The Bertz CT molecular complexity index is 1240. The van der Waals surface area contributed by atoms with E-state index in [0.29, 0.717) is 6.42 Å². The number of carbonyl (C=O) groups is 2. The van der Waals surface area contributed by atoms with Gasteiger partial charge in [0.2, 0.25) is 11.8 Å². The lowest BCUT2D eigenvalue weighted by molar-refractivity contribution is -0.140. The summed E-state index contributed by atoms with van der Waals surface area (Å²) in [6.45, 7) is 1.33. The number of nitrogens with zero attached hydrogens (tertiary/aromatic N) is 2. The SMILES string of the molecule is CC[C@@H](C(=O)NC)N(Cc1ccccc1)C(=O)CN(c1ccc(F)cc1)S(=O)(=O)c1ccccc1. The van der Waals surface area contributed by atoms with Gasteiger partial charge in [-0.15, -0.1) is 0 Å². The summed E-state index contributed by atoms with van der Waals surface area (Å²) in [5, 5.41) is 2.58. The van der Waals surface area contributed by atoms with E-state index in [-0.39, 0.29) is 23.0 Å². The van der Waals surface area contributed by atoms with Crippen LogP contribution in [0.2, 0.25) is 0 Å². The smallest absolute Gasteiger partial charge is 0.264 e. The maximum absolute atomic E-state index is 13.7. The van der Waals surface area contributed by atoms with Gasteiger partial charge < -0.3 is 10.2 Å². The van der Waals surface area contributed by atoms with Gasteiger partial charge in [0.1, 0.15) is 18.4 Å². The summed E-state index contributed by atoms with van der Waals surface area (Å²) in [7, 11) is -2.68. The molecule has 0 aliphatic carbocycles. The first kappa shape index (κ1) is 25.9. The van der Waals surface area contributed by atoms with Crippen molar-refractivity contribution in [2.75, 3.05) is 17.9 Å². The molecule has 0 aliphatic rings. The highest BCUT2D eigenvalue weighted by Crippen LogP contribution is 2.25. The average Bonchev–Trinajstić information content (AvgIpc) is 2.88. The Hall–Kier alpha value is -3.72. The number of hydrogen-bond acceptors (Lipinski definition) is 4. The van der Waals surface area contributed by atoms with E-state index in [9.17, 15) is 22.4 Å². The Morgan fingerprint density at radius 3 is 2.03 bits per heavy atom. The second-order valence-corrected chi connectivity index (χ2v) is 9.71. The number of carbonyl (C=O) groups excluding carboxylic acids is 2. The summed E-state index contributed by atoms with van der Waals surface area (Å²) < 4.78 is 41.6. The van der Waals surface area contributed by atoms with Crippen LogP contribution in [0, 0.1) is 5.82 Å². The zero-order valence-corrected chi connectivity index (χ0v) is 20.4. The monoisotopic (exact) mass is 497 g/mol. The van der Waals surface area contributed by atoms with E-state index in [1.807, 2.05) is 30.3 Å². The van der Waals surface area contributed by atoms with Crippen molar-refractivity contribution in [2.45, 2.75) is 30.8 Å². The first-order valence-electron chi connectivity index (χ1n) is 11.2. The van der Waals surface area contributed by atoms with Gasteiger partial charge in [0.15, 0.2) is 0 Å². The minimum atomic E-state index is -4.16. The van der Waals surface area contributed by atoms with Crippen LogP contribution >= 0.6 is 0 Å². The summed E-state index contributed by atoms with van der Waals surface area (Å²) >= 11 is 0. The molecule has 2 amide bonds. The zero-order chi connectivity index (χ0) is 25.4. The lowest BCUT2D eigenvalue weighted by Crippen LogP contribution is -2.51. The molecule has 0 radical (unpaired) electrons. The summed E-state index contributed by atoms with van der Waals surface area (Å²) in [4.78, 5) is 27.6. The lowest BCUT2D eigenvalue weighted by Gasteiger charge is -2.33. The van der Waals surface area contributed by atoms with Crippen molar-refractivity contribution >= 4 is 27.5 Å². The van der Waals surface area contributed by atoms with Crippen molar-refractivity contribution in [3.8, 4) is 0 Å². The number of likely N-dealkylation sites (N-methyl/N-ethyl adjacent to an activating group) is 1. The number of hydrogen-bond donors (Lipinski definition) is 1. The molecule has 3 rings (SSSR count). The molecule has 0 unspecified atom stereocenters. The van der Waals surface area contributed by atoms with Crippen LogP contribution in [-0.4, -0.2) is 44.8 Å². The topological polar surface area (TPSA) is 86.8 Å². The van der Waals surface area contributed by atoms with Crippen molar-refractivity contribution in [1.82, 2.24) is 10.2 Å². The largest absolute Gasteiger partial charge is 0.357 e.